The molecule has 0 fully saturated rings. The molecule has 1 atom stereocenters. The number of rotatable bonds is 3. The molecule has 1 unspecified atom stereocenters. The second-order valence-corrected chi connectivity index (χ2v) is 4.67. The van der Waals surface area contributed by atoms with Crippen molar-refractivity contribution >= 4 is 23.2 Å². The summed E-state index contributed by atoms with van der Waals surface area (Å²) >= 11 is 11.8. The van der Waals surface area contributed by atoms with Crippen LogP contribution in [0.25, 0.3) is 0 Å². The maximum atomic E-state index is 13.4. The molecular weight excluding hydrogens is 276 g/mol. The first-order valence-corrected chi connectivity index (χ1v) is 6.06. The van der Waals surface area contributed by atoms with E-state index in [0.29, 0.717) is 15.6 Å². The molecule has 0 amide bonds. The summed E-state index contributed by atoms with van der Waals surface area (Å²) in [6, 6.07) is 7.69. The first-order valence-electron chi connectivity index (χ1n) is 5.30. The van der Waals surface area contributed by atoms with E-state index in [1.165, 1.54) is 18.3 Å². The molecular formula is C13H10Cl2FNO. The lowest BCUT2D eigenvalue weighted by molar-refractivity contribution is 0.168. The van der Waals surface area contributed by atoms with Gasteiger partial charge >= 0.3 is 0 Å². The summed E-state index contributed by atoms with van der Waals surface area (Å²) in [7, 11) is 0. The van der Waals surface area contributed by atoms with Crippen LogP contribution >= 0.6 is 23.2 Å². The van der Waals surface area contributed by atoms with E-state index >= 15 is 0 Å². The van der Waals surface area contributed by atoms with Crippen LogP contribution < -0.4 is 0 Å². The molecule has 1 aromatic heterocycles. The standard InChI is InChI=1S/C13H10Cl2FNO/c14-9-4-3-8(10(15)7-9)6-12(18)13-11(16)2-1-5-17-13/h1-5,7,12,18H,6H2. The van der Waals surface area contributed by atoms with Crippen molar-refractivity contribution in [3.8, 4) is 0 Å². The van der Waals surface area contributed by atoms with Crippen LogP contribution in [0.2, 0.25) is 10.0 Å². The minimum absolute atomic E-state index is 0.0171. The zero-order chi connectivity index (χ0) is 13.1. The predicted molar refractivity (Wildman–Crippen MR) is 69.3 cm³/mol. The number of pyridine rings is 1. The van der Waals surface area contributed by atoms with E-state index in [1.54, 1.807) is 18.2 Å². The molecule has 0 spiro atoms. The van der Waals surface area contributed by atoms with Crippen LogP contribution in [0, 0.1) is 5.82 Å². The van der Waals surface area contributed by atoms with Gasteiger partial charge in [-0.15, -0.1) is 0 Å². The van der Waals surface area contributed by atoms with Crippen molar-refractivity contribution in [1.29, 1.82) is 0 Å². The van der Waals surface area contributed by atoms with E-state index in [1.807, 2.05) is 0 Å². The summed E-state index contributed by atoms with van der Waals surface area (Å²) < 4.78 is 13.4. The van der Waals surface area contributed by atoms with Gasteiger partial charge in [0.25, 0.3) is 0 Å². The second kappa shape index (κ2) is 5.65. The largest absolute Gasteiger partial charge is 0.386 e. The first-order chi connectivity index (χ1) is 8.58. The first kappa shape index (κ1) is 13.3. The molecule has 2 rings (SSSR count). The summed E-state index contributed by atoms with van der Waals surface area (Å²) in [6.45, 7) is 0. The Balaban J connectivity index is 2.21. The third-order valence-corrected chi connectivity index (χ3v) is 3.12. The molecule has 1 heterocycles. The lowest BCUT2D eigenvalue weighted by atomic mass is 10.0. The molecule has 0 aliphatic heterocycles. The number of aliphatic hydroxyl groups is 1. The van der Waals surface area contributed by atoms with Gasteiger partial charge in [0.05, 0.1) is 0 Å². The van der Waals surface area contributed by atoms with Crippen molar-refractivity contribution < 1.29 is 9.50 Å². The number of benzene rings is 1. The number of halogens is 3. The van der Waals surface area contributed by atoms with E-state index < -0.39 is 11.9 Å². The minimum atomic E-state index is -1.04. The van der Waals surface area contributed by atoms with Crippen LogP contribution in [0.15, 0.2) is 36.5 Å². The monoisotopic (exact) mass is 285 g/mol. The zero-order valence-electron chi connectivity index (χ0n) is 9.28. The van der Waals surface area contributed by atoms with E-state index in [9.17, 15) is 9.50 Å². The summed E-state index contributed by atoms with van der Waals surface area (Å²) in [4.78, 5) is 3.83. The number of nitrogens with zero attached hydrogens (tertiary/aromatic N) is 1. The SMILES string of the molecule is OC(Cc1ccc(Cl)cc1Cl)c1ncccc1F. The van der Waals surface area contributed by atoms with Crippen molar-refractivity contribution in [1.82, 2.24) is 4.98 Å². The van der Waals surface area contributed by atoms with Gasteiger partial charge in [-0.3, -0.25) is 4.98 Å². The number of aliphatic hydroxyl groups excluding tert-OH is 1. The molecule has 94 valence electrons. The average molecular weight is 286 g/mol. The molecule has 0 aliphatic carbocycles. The predicted octanol–water partition coefficient (Wildman–Crippen LogP) is 3.80. The van der Waals surface area contributed by atoms with Gasteiger partial charge in [-0.2, -0.15) is 0 Å². The Morgan fingerprint density at radius 3 is 2.72 bits per heavy atom. The molecule has 18 heavy (non-hydrogen) atoms. The van der Waals surface area contributed by atoms with Gasteiger partial charge in [-0.05, 0) is 29.8 Å². The van der Waals surface area contributed by atoms with Crippen molar-refractivity contribution in [2.75, 3.05) is 0 Å². The van der Waals surface area contributed by atoms with Gasteiger partial charge in [-0.1, -0.05) is 29.3 Å². The van der Waals surface area contributed by atoms with Crippen LogP contribution in [0.5, 0.6) is 0 Å². The lowest BCUT2D eigenvalue weighted by Crippen LogP contribution is -2.07. The van der Waals surface area contributed by atoms with Crippen molar-refractivity contribution in [2.45, 2.75) is 12.5 Å². The molecule has 2 nitrogen and oxygen atoms in total. The second-order valence-electron chi connectivity index (χ2n) is 3.83. The Labute approximate surface area is 114 Å². The van der Waals surface area contributed by atoms with Gasteiger partial charge in [0.2, 0.25) is 0 Å². The highest BCUT2D eigenvalue weighted by Crippen LogP contribution is 2.26. The Bertz CT molecular complexity index is 562. The van der Waals surface area contributed by atoms with Crippen molar-refractivity contribution in [3.63, 3.8) is 0 Å². The summed E-state index contributed by atoms with van der Waals surface area (Å²) in [5.74, 6) is -0.532. The van der Waals surface area contributed by atoms with Gasteiger partial charge < -0.3 is 5.11 Å². The molecule has 5 heteroatoms. The topological polar surface area (TPSA) is 33.1 Å². The van der Waals surface area contributed by atoms with Crippen molar-refractivity contribution in [3.05, 3.63) is 63.6 Å². The van der Waals surface area contributed by atoms with Crippen molar-refractivity contribution in [2.24, 2.45) is 0 Å². The average Bonchev–Trinajstić information content (AvgIpc) is 2.33. The zero-order valence-corrected chi connectivity index (χ0v) is 10.8. The van der Waals surface area contributed by atoms with E-state index in [4.69, 9.17) is 23.2 Å². The number of hydrogen-bond acceptors (Lipinski definition) is 2. The summed E-state index contributed by atoms with van der Waals surface area (Å²) in [5, 5.41) is 10.9. The van der Waals surface area contributed by atoms with Crippen LogP contribution in [0.4, 0.5) is 4.39 Å². The number of hydrogen-bond donors (Lipinski definition) is 1. The molecule has 1 N–H and O–H groups in total. The smallest absolute Gasteiger partial charge is 0.147 e. The third-order valence-electron chi connectivity index (χ3n) is 2.53. The lowest BCUT2D eigenvalue weighted by Gasteiger charge is -2.12. The maximum absolute atomic E-state index is 13.4. The molecule has 0 bridgehead atoms. The molecule has 0 radical (unpaired) electrons. The number of aromatic nitrogens is 1. The molecule has 1 aromatic carbocycles. The maximum Gasteiger partial charge on any atom is 0.147 e. The van der Waals surface area contributed by atoms with Crippen LogP contribution in [-0.4, -0.2) is 10.1 Å². The van der Waals surface area contributed by atoms with Gasteiger partial charge in [0.1, 0.15) is 17.6 Å². The van der Waals surface area contributed by atoms with Crippen LogP contribution in [0.1, 0.15) is 17.4 Å². The Morgan fingerprint density at radius 1 is 1.28 bits per heavy atom. The Morgan fingerprint density at radius 2 is 2.06 bits per heavy atom. The normalized spacial score (nSPS) is 12.4. The Kier molecular flexibility index (Phi) is 4.17. The van der Waals surface area contributed by atoms with Crippen LogP contribution in [-0.2, 0) is 6.42 Å². The highest BCUT2D eigenvalue weighted by Gasteiger charge is 2.16. The van der Waals surface area contributed by atoms with E-state index in [-0.39, 0.29) is 12.1 Å². The third kappa shape index (κ3) is 2.99. The van der Waals surface area contributed by atoms with Crippen LogP contribution in [0.3, 0.4) is 0 Å². The quantitative estimate of drug-likeness (QED) is 0.930. The molecule has 0 saturated heterocycles. The highest BCUT2D eigenvalue weighted by molar-refractivity contribution is 6.35. The summed E-state index contributed by atoms with van der Waals surface area (Å²) in [6.07, 6.45) is 0.583. The minimum Gasteiger partial charge on any atom is -0.386 e. The Hall–Kier alpha value is -1.16. The summed E-state index contributed by atoms with van der Waals surface area (Å²) in [5.41, 5.74) is 0.710. The van der Waals surface area contributed by atoms with E-state index in [0.717, 1.165) is 0 Å². The molecule has 2 aromatic rings. The fraction of sp³-hybridized carbons (Fsp3) is 0.154. The highest BCUT2D eigenvalue weighted by atomic mass is 35.5. The van der Waals surface area contributed by atoms with Gasteiger partial charge in [0.15, 0.2) is 0 Å². The van der Waals surface area contributed by atoms with Gasteiger partial charge in [-0.25, -0.2) is 4.39 Å². The van der Waals surface area contributed by atoms with Gasteiger partial charge in [0, 0.05) is 22.7 Å². The fourth-order valence-corrected chi connectivity index (χ4v) is 2.12. The molecule has 0 aliphatic rings. The molecule has 0 saturated carbocycles. The fourth-order valence-electron chi connectivity index (χ4n) is 1.64. The van der Waals surface area contributed by atoms with E-state index in [2.05, 4.69) is 4.98 Å².